The first kappa shape index (κ1) is 21.1. The molecule has 3 aromatic carbocycles. The van der Waals surface area contributed by atoms with Crippen molar-refractivity contribution in [1.29, 1.82) is 0 Å². The molecule has 1 saturated heterocycles. The van der Waals surface area contributed by atoms with Crippen molar-refractivity contribution >= 4 is 5.91 Å². The van der Waals surface area contributed by atoms with E-state index in [2.05, 4.69) is 24.3 Å². The minimum Gasteiger partial charge on any atom is -0.497 e. The van der Waals surface area contributed by atoms with Gasteiger partial charge in [0.05, 0.1) is 13.0 Å². The Kier molecular flexibility index (Phi) is 7.00. The maximum atomic E-state index is 12.9. The van der Waals surface area contributed by atoms with E-state index in [1.807, 2.05) is 65.6 Å². The fraction of sp³-hybridized carbons (Fsp3) is 0.296. The van der Waals surface area contributed by atoms with E-state index in [0.717, 1.165) is 48.4 Å². The highest BCUT2D eigenvalue weighted by atomic mass is 16.5. The molecule has 160 valence electrons. The van der Waals surface area contributed by atoms with Gasteiger partial charge in [0.25, 0.3) is 0 Å². The maximum Gasteiger partial charge on any atom is 0.230 e. The Balaban J connectivity index is 1.33. The van der Waals surface area contributed by atoms with Crippen molar-refractivity contribution in [2.24, 2.45) is 0 Å². The molecule has 0 radical (unpaired) electrons. The lowest BCUT2D eigenvalue weighted by molar-refractivity contribution is -0.129. The molecule has 1 aliphatic rings. The highest BCUT2D eigenvalue weighted by Gasteiger charge is 2.32. The summed E-state index contributed by atoms with van der Waals surface area (Å²) in [6, 6.07) is 28.4. The van der Waals surface area contributed by atoms with Crippen LogP contribution in [0, 0.1) is 0 Å². The van der Waals surface area contributed by atoms with Gasteiger partial charge in [0.1, 0.15) is 11.9 Å². The van der Waals surface area contributed by atoms with Crippen LogP contribution in [0.1, 0.15) is 41.6 Å². The molecule has 4 heteroatoms. The standard InChI is InChI=1S/C27H29NO3/c1-30-24-15-8-14-23(20-24)25-16-18-28(27(25)29)17-9-19-31-26(21-10-4-2-5-11-21)22-12-6-3-7-13-22/h2-8,10-15,20,25-26H,9,16-19H2,1H3. The van der Waals surface area contributed by atoms with Crippen LogP contribution >= 0.6 is 0 Å². The molecule has 1 fully saturated rings. The van der Waals surface area contributed by atoms with Crippen molar-refractivity contribution < 1.29 is 14.3 Å². The smallest absolute Gasteiger partial charge is 0.230 e. The van der Waals surface area contributed by atoms with E-state index in [9.17, 15) is 4.79 Å². The summed E-state index contributed by atoms with van der Waals surface area (Å²) in [5, 5.41) is 0. The number of benzene rings is 3. The van der Waals surface area contributed by atoms with Crippen molar-refractivity contribution in [2.45, 2.75) is 24.9 Å². The zero-order chi connectivity index (χ0) is 21.5. The maximum absolute atomic E-state index is 12.9. The molecule has 31 heavy (non-hydrogen) atoms. The molecule has 0 aliphatic carbocycles. The molecule has 1 amide bonds. The minimum atomic E-state index is -0.0961. The Morgan fingerprint density at radius 3 is 2.26 bits per heavy atom. The van der Waals surface area contributed by atoms with Crippen molar-refractivity contribution in [3.05, 3.63) is 102 Å². The van der Waals surface area contributed by atoms with Crippen molar-refractivity contribution in [3.63, 3.8) is 0 Å². The number of likely N-dealkylation sites (tertiary alicyclic amines) is 1. The monoisotopic (exact) mass is 415 g/mol. The van der Waals surface area contributed by atoms with Crippen LogP contribution < -0.4 is 4.74 Å². The van der Waals surface area contributed by atoms with Crippen LogP contribution in [0.4, 0.5) is 0 Å². The number of hydrogen-bond donors (Lipinski definition) is 0. The van der Waals surface area contributed by atoms with Gasteiger partial charge in [0.2, 0.25) is 5.91 Å². The van der Waals surface area contributed by atoms with E-state index < -0.39 is 0 Å². The number of ether oxygens (including phenoxy) is 2. The van der Waals surface area contributed by atoms with Crippen molar-refractivity contribution in [3.8, 4) is 5.75 Å². The fourth-order valence-electron chi connectivity index (χ4n) is 4.23. The normalized spacial score (nSPS) is 16.1. The van der Waals surface area contributed by atoms with Crippen LogP contribution in [0.15, 0.2) is 84.9 Å². The average molecular weight is 416 g/mol. The van der Waals surface area contributed by atoms with E-state index in [-0.39, 0.29) is 17.9 Å². The Bertz CT molecular complexity index is 935. The second-order valence-electron chi connectivity index (χ2n) is 7.87. The molecule has 0 spiro atoms. The van der Waals surface area contributed by atoms with Gasteiger partial charge in [-0.1, -0.05) is 72.8 Å². The third kappa shape index (κ3) is 5.15. The van der Waals surface area contributed by atoms with Crippen LogP contribution in [0.5, 0.6) is 5.75 Å². The van der Waals surface area contributed by atoms with E-state index in [1.165, 1.54) is 0 Å². The molecule has 0 aromatic heterocycles. The molecule has 1 heterocycles. The van der Waals surface area contributed by atoms with Gasteiger partial charge in [-0.3, -0.25) is 4.79 Å². The van der Waals surface area contributed by atoms with Gasteiger partial charge in [0, 0.05) is 19.7 Å². The molecular formula is C27H29NO3. The van der Waals surface area contributed by atoms with Gasteiger partial charge in [-0.25, -0.2) is 0 Å². The topological polar surface area (TPSA) is 38.8 Å². The van der Waals surface area contributed by atoms with Crippen LogP contribution in [0.3, 0.4) is 0 Å². The van der Waals surface area contributed by atoms with Crippen LogP contribution in [0.2, 0.25) is 0 Å². The van der Waals surface area contributed by atoms with Gasteiger partial charge in [-0.15, -0.1) is 0 Å². The molecule has 4 nitrogen and oxygen atoms in total. The lowest BCUT2D eigenvalue weighted by Crippen LogP contribution is -2.28. The molecule has 0 N–H and O–H groups in total. The summed E-state index contributed by atoms with van der Waals surface area (Å²) in [4.78, 5) is 14.9. The first-order valence-electron chi connectivity index (χ1n) is 10.9. The van der Waals surface area contributed by atoms with Crippen LogP contribution in [-0.4, -0.2) is 37.6 Å². The minimum absolute atomic E-state index is 0.0718. The number of carbonyl (C=O) groups is 1. The number of rotatable bonds is 9. The third-order valence-corrected chi connectivity index (χ3v) is 5.86. The van der Waals surface area contributed by atoms with Crippen molar-refractivity contribution in [2.75, 3.05) is 26.8 Å². The second kappa shape index (κ2) is 10.3. The molecule has 1 aliphatic heterocycles. The van der Waals surface area contributed by atoms with Gasteiger partial charge in [0.15, 0.2) is 0 Å². The third-order valence-electron chi connectivity index (χ3n) is 5.86. The van der Waals surface area contributed by atoms with Gasteiger partial charge < -0.3 is 14.4 Å². The highest BCUT2D eigenvalue weighted by Crippen LogP contribution is 2.31. The van der Waals surface area contributed by atoms with Gasteiger partial charge >= 0.3 is 0 Å². The number of nitrogens with zero attached hydrogens (tertiary/aromatic N) is 1. The molecule has 3 aromatic rings. The van der Waals surface area contributed by atoms with Crippen LogP contribution in [0.25, 0.3) is 0 Å². The largest absolute Gasteiger partial charge is 0.497 e. The predicted molar refractivity (Wildman–Crippen MR) is 122 cm³/mol. The zero-order valence-electron chi connectivity index (χ0n) is 17.9. The summed E-state index contributed by atoms with van der Waals surface area (Å²) in [6.07, 6.45) is 1.57. The number of hydrogen-bond acceptors (Lipinski definition) is 3. The fourth-order valence-corrected chi connectivity index (χ4v) is 4.23. The molecule has 1 unspecified atom stereocenters. The Morgan fingerprint density at radius 2 is 1.61 bits per heavy atom. The number of methoxy groups -OCH3 is 1. The molecule has 4 rings (SSSR count). The summed E-state index contributed by atoms with van der Waals surface area (Å²) in [5.74, 6) is 0.929. The summed E-state index contributed by atoms with van der Waals surface area (Å²) >= 11 is 0. The molecule has 0 saturated carbocycles. The lowest BCUT2D eigenvalue weighted by Gasteiger charge is -2.21. The molecular weight excluding hydrogens is 386 g/mol. The van der Waals surface area contributed by atoms with E-state index in [0.29, 0.717) is 6.61 Å². The summed E-state index contributed by atoms with van der Waals surface area (Å²) in [5.41, 5.74) is 3.32. The van der Waals surface area contributed by atoms with E-state index in [4.69, 9.17) is 9.47 Å². The van der Waals surface area contributed by atoms with Gasteiger partial charge in [-0.05, 0) is 41.7 Å². The second-order valence-corrected chi connectivity index (χ2v) is 7.87. The SMILES string of the molecule is COc1cccc(C2CCN(CCCOC(c3ccccc3)c3ccccc3)C2=O)c1. The Labute approximate surface area is 184 Å². The summed E-state index contributed by atoms with van der Waals surface area (Å²) < 4.78 is 11.6. The summed E-state index contributed by atoms with van der Waals surface area (Å²) in [6.45, 7) is 2.11. The Morgan fingerprint density at radius 1 is 0.935 bits per heavy atom. The zero-order valence-corrected chi connectivity index (χ0v) is 17.9. The molecule has 0 bridgehead atoms. The average Bonchev–Trinajstić information content (AvgIpc) is 3.20. The quantitative estimate of drug-likeness (QED) is 0.451. The summed E-state index contributed by atoms with van der Waals surface area (Å²) in [7, 11) is 1.65. The van der Waals surface area contributed by atoms with E-state index in [1.54, 1.807) is 7.11 Å². The van der Waals surface area contributed by atoms with Crippen LogP contribution in [-0.2, 0) is 9.53 Å². The van der Waals surface area contributed by atoms with Gasteiger partial charge in [-0.2, -0.15) is 0 Å². The number of amides is 1. The lowest BCUT2D eigenvalue weighted by atomic mass is 9.97. The van der Waals surface area contributed by atoms with Crippen molar-refractivity contribution in [1.82, 2.24) is 4.90 Å². The van der Waals surface area contributed by atoms with E-state index >= 15 is 0 Å². The highest BCUT2D eigenvalue weighted by molar-refractivity contribution is 5.85. The first-order chi connectivity index (χ1) is 15.3. The predicted octanol–water partition coefficient (Wildman–Crippen LogP) is 5.21. The molecule has 1 atom stereocenters. The first-order valence-corrected chi connectivity index (χ1v) is 10.9. The number of carbonyl (C=O) groups excluding carboxylic acids is 1. The Hall–Kier alpha value is -3.11.